The second-order valence-corrected chi connectivity index (χ2v) is 7.83. The molecule has 1 aliphatic rings. The van der Waals surface area contributed by atoms with Crippen LogP contribution in [0, 0.1) is 20.2 Å². The van der Waals surface area contributed by atoms with Gasteiger partial charge < -0.3 is 0 Å². The number of para-hydroxylation sites is 3. The molecule has 2 heterocycles. The van der Waals surface area contributed by atoms with Crippen molar-refractivity contribution in [3.8, 4) is 11.4 Å². The van der Waals surface area contributed by atoms with Crippen LogP contribution in [-0.2, 0) is 5.41 Å². The summed E-state index contributed by atoms with van der Waals surface area (Å²) in [4.78, 5) is 0. The van der Waals surface area contributed by atoms with E-state index in [0.717, 1.165) is 0 Å². The summed E-state index contributed by atoms with van der Waals surface area (Å²) in [5.74, 6) is 0. The van der Waals surface area contributed by atoms with E-state index in [1.54, 1.807) is 0 Å². The van der Waals surface area contributed by atoms with E-state index in [1.165, 1.54) is 44.7 Å². The van der Waals surface area contributed by atoms with Gasteiger partial charge in [-0.2, -0.15) is 0 Å². The van der Waals surface area contributed by atoms with Gasteiger partial charge in [0.15, 0.2) is 0 Å². The van der Waals surface area contributed by atoms with Crippen molar-refractivity contribution < 1.29 is 4.57 Å². The van der Waals surface area contributed by atoms with Gasteiger partial charge in [0.2, 0.25) is 0 Å². The quantitative estimate of drug-likeness (QED) is 0.342. The Bertz CT molecular complexity index is 1160. The Kier molecular flexibility index (Phi) is 3.00. The van der Waals surface area contributed by atoms with Crippen LogP contribution in [0.3, 0.4) is 0 Å². The maximum absolute atomic E-state index is 3.66. The Morgan fingerprint density at radius 2 is 1.46 bits per heavy atom. The third-order valence-electron chi connectivity index (χ3n) is 5.83. The maximum Gasteiger partial charge on any atom is 0.269 e. The highest BCUT2D eigenvalue weighted by molar-refractivity contribution is 5.82. The lowest BCUT2D eigenvalue weighted by Crippen LogP contribution is -2.40. The molecule has 26 heavy (non-hydrogen) atoms. The first-order valence-electron chi connectivity index (χ1n) is 9.16. The van der Waals surface area contributed by atoms with Crippen LogP contribution in [-0.4, -0.2) is 4.57 Å². The lowest BCUT2D eigenvalue weighted by atomic mass is 9.75. The summed E-state index contributed by atoms with van der Waals surface area (Å²) in [7, 11) is 0. The highest BCUT2D eigenvalue weighted by Gasteiger charge is 2.34. The van der Waals surface area contributed by atoms with E-state index >= 15 is 0 Å². The number of benzene rings is 3. The van der Waals surface area contributed by atoms with Crippen LogP contribution < -0.4 is 4.57 Å². The molecule has 0 saturated carbocycles. The zero-order valence-corrected chi connectivity index (χ0v) is 15.7. The van der Waals surface area contributed by atoms with Crippen molar-refractivity contribution in [2.45, 2.75) is 33.1 Å². The molecular weight excluding hydrogens is 316 g/mol. The van der Waals surface area contributed by atoms with E-state index in [0.29, 0.717) is 0 Å². The Morgan fingerprint density at radius 3 is 2.23 bits per heavy atom. The van der Waals surface area contributed by atoms with Gasteiger partial charge in [-0.05, 0) is 42.2 Å². The van der Waals surface area contributed by atoms with Crippen LogP contribution in [0.4, 0.5) is 0 Å². The number of fused-ring (bicyclic) bond motifs is 2. The van der Waals surface area contributed by atoms with Gasteiger partial charge in [0, 0.05) is 5.41 Å². The molecule has 3 aromatic carbocycles. The first-order chi connectivity index (χ1) is 12.5. The van der Waals surface area contributed by atoms with Gasteiger partial charge in [-0.15, -0.1) is 0 Å². The van der Waals surface area contributed by atoms with Gasteiger partial charge in [-0.1, -0.05) is 68.4 Å². The van der Waals surface area contributed by atoms with E-state index < -0.39 is 0 Å². The predicted molar refractivity (Wildman–Crippen MR) is 105 cm³/mol. The van der Waals surface area contributed by atoms with Crippen molar-refractivity contribution in [1.82, 2.24) is 4.57 Å². The first kappa shape index (κ1) is 15.4. The first-order valence-corrected chi connectivity index (χ1v) is 9.16. The third kappa shape index (κ3) is 1.84. The summed E-state index contributed by atoms with van der Waals surface area (Å²) in [6.07, 6.45) is 3.66. The van der Waals surface area contributed by atoms with Crippen LogP contribution >= 0.6 is 0 Å². The smallest absolute Gasteiger partial charge is 0.269 e. The molecule has 2 nitrogen and oxygen atoms in total. The van der Waals surface area contributed by atoms with Crippen LogP contribution in [0.5, 0.6) is 0 Å². The molecule has 0 N–H and O–H groups in total. The highest BCUT2D eigenvalue weighted by atomic mass is 15.2. The molecule has 128 valence electrons. The molecule has 0 radical (unpaired) electrons. The summed E-state index contributed by atoms with van der Waals surface area (Å²) >= 11 is 0. The number of rotatable bonds is 1. The van der Waals surface area contributed by atoms with Crippen LogP contribution in [0.2, 0.25) is 0 Å². The van der Waals surface area contributed by atoms with Crippen LogP contribution in [0.1, 0.15) is 36.1 Å². The van der Waals surface area contributed by atoms with Crippen molar-refractivity contribution in [3.05, 3.63) is 89.2 Å². The topological polar surface area (TPSA) is 8.81 Å². The molecule has 5 rings (SSSR count). The zero-order valence-electron chi connectivity index (χ0n) is 15.7. The summed E-state index contributed by atoms with van der Waals surface area (Å²) < 4.78 is 4.48. The minimum Gasteiger partial charge on any atom is -0.291 e. The second-order valence-electron chi connectivity index (χ2n) is 7.83. The fraction of sp³-hybridized carbons (Fsp3) is 0.208. The minimum atomic E-state index is -0.0308. The predicted octanol–water partition coefficient (Wildman–Crippen LogP) is 4.96. The average Bonchev–Trinajstić information content (AvgIpc) is 3.00. The van der Waals surface area contributed by atoms with E-state index in [-0.39, 0.29) is 5.41 Å². The SMILES string of the molecule is Cc1cccc(C)c1-n1[c-][n+]2c3c(cccc31)C(C)(C)c1ccccc1-2. The van der Waals surface area contributed by atoms with Gasteiger partial charge in [0.05, 0.1) is 22.4 Å². The summed E-state index contributed by atoms with van der Waals surface area (Å²) in [6, 6.07) is 21.8. The van der Waals surface area contributed by atoms with E-state index in [2.05, 4.69) is 104 Å². The van der Waals surface area contributed by atoms with Crippen molar-refractivity contribution in [2.75, 3.05) is 0 Å². The van der Waals surface area contributed by atoms with Crippen molar-refractivity contribution in [2.24, 2.45) is 0 Å². The Labute approximate surface area is 154 Å². The molecule has 0 aliphatic carbocycles. The third-order valence-corrected chi connectivity index (χ3v) is 5.83. The Balaban J connectivity index is 1.96. The minimum absolute atomic E-state index is 0.0308. The molecule has 4 aromatic rings. The zero-order chi connectivity index (χ0) is 18.1. The average molecular weight is 338 g/mol. The Hall–Kier alpha value is -2.87. The lowest BCUT2D eigenvalue weighted by Gasteiger charge is -2.34. The normalized spacial score (nSPS) is 14.5. The highest BCUT2D eigenvalue weighted by Crippen LogP contribution is 2.41. The number of nitrogens with zero attached hydrogens (tertiary/aromatic N) is 2. The number of hydrogen-bond donors (Lipinski definition) is 0. The largest absolute Gasteiger partial charge is 0.291 e. The summed E-state index contributed by atoms with van der Waals surface area (Å²) in [5.41, 5.74) is 10.1. The molecule has 1 aromatic heterocycles. The van der Waals surface area contributed by atoms with E-state index in [1.807, 2.05) is 0 Å². The van der Waals surface area contributed by atoms with Gasteiger partial charge in [-0.3, -0.25) is 9.13 Å². The second kappa shape index (κ2) is 5.07. The number of hydrogen-bond acceptors (Lipinski definition) is 0. The molecule has 2 heteroatoms. The van der Waals surface area contributed by atoms with Crippen molar-refractivity contribution in [3.63, 3.8) is 0 Å². The van der Waals surface area contributed by atoms with Gasteiger partial charge >= 0.3 is 0 Å². The standard InChI is InChI=1S/C24H22N2/c1-16-9-7-10-17(2)22(16)26-15-25-20-13-6-5-11-18(20)24(3,4)19-12-8-14-21(26)23(19)25/h5-14H,1-4H3. The molecule has 1 aliphatic heterocycles. The number of aromatic nitrogens is 2. The van der Waals surface area contributed by atoms with Crippen LogP contribution in [0.15, 0.2) is 60.7 Å². The molecule has 0 fully saturated rings. The number of imidazole rings is 1. The van der Waals surface area contributed by atoms with E-state index in [9.17, 15) is 0 Å². The Morgan fingerprint density at radius 1 is 0.808 bits per heavy atom. The molecule has 0 bridgehead atoms. The molecule has 0 saturated heterocycles. The summed E-state index contributed by atoms with van der Waals surface area (Å²) in [5, 5.41) is 0. The molecule has 0 atom stereocenters. The number of aryl methyl sites for hydroxylation is 2. The molecule has 0 amide bonds. The lowest BCUT2D eigenvalue weighted by molar-refractivity contribution is -0.575. The fourth-order valence-electron chi connectivity index (χ4n) is 4.50. The molecule has 0 spiro atoms. The van der Waals surface area contributed by atoms with Gasteiger partial charge in [0.1, 0.15) is 0 Å². The van der Waals surface area contributed by atoms with Gasteiger partial charge in [0.25, 0.3) is 6.33 Å². The molecular formula is C24H22N2. The van der Waals surface area contributed by atoms with Crippen molar-refractivity contribution >= 4 is 11.0 Å². The monoisotopic (exact) mass is 338 g/mol. The summed E-state index contributed by atoms with van der Waals surface area (Å²) in [6.45, 7) is 8.99. The fourth-order valence-corrected chi connectivity index (χ4v) is 4.50. The van der Waals surface area contributed by atoms with Gasteiger partial charge in [-0.25, -0.2) is 0 Å². The van der Waals surface area contributed by atoms with Crippen molar-refractivity contribution in [1.29, 1.82) is 0 Å². The maximum atomic E-state index is 3.66. The van der Waals surface area contributed by atoms with Crippen LogP contribution in [0.25, 0.3) is 22.4 Å². The molecule has 0 unspecified atom stereocenters. The van der Waals surface area contributed by atoms with E-state index in [4.69, 9.17) is 0 Å².